The summed E-state index contributed by atoms with van der Waals surface area (Å²) in [4.78, 5) is 31.2. The Hall–Kier alpha value is -1.78. The summed E-state index contributed by atoms with van der Waals surface area (Å²) in [6.45, 7) is 3.00. The van der Waals surface area contributed by atoms with Crippen molar-refractivity contribution in [3.8, 4) is 0 Å². The Balaban J connectivity index is 2.18. The molecule has 0 fully saturated rings. The molecule has 7 nitrogen and oxygen atoms in total. The average Bonchev–Trinajstić information content (AvgIpc) is 2.85. The Morgan fingerprint density at radius 2 is 1.96 bits per heavy atom. The third-order valence-corrected chi connectivity index (χ3v) is 6.05. The number of sulfonamides is 1. The van der Waals surface area contributed by atoms with E-state index in [9.17, 15) is 18.0 Å². The Morgan fingerprint density at radius 1 is 1.30 bits per heavy atom. The molecule has 0 unspecified atom stereocenters. The third-order valence-electron chi connectivity index (χ3n) is 2.64. The lowest BCUT2D eigenvalue weighted by Gasteiger charge is -2.03. The van der Waals surface area contributed by atoms with Crippen LogP contribution in [-0.2, 0) is 14.8 Å². The van der Waals surface area contributed by atoms with E-state index in [0.29, 0.717) is 10.6 Å². The number of hydrogen-bond donors (Lipinski definition) is 1. The number of hydrogen-bond acceptors (Lipinski definition) is 8. The number of nitrogens with zero attached hydrogens (tertiary/aromatic N) is 2. The summed E-state index contributed by atoms with van der Waals surface area (Å²) in [5.74, 6) is -0.246. The molecule has 10 heteroatoms. The number of carbonyl (C=O) groups excluding carboxylic acids is 2. The standard InChI is InChI=1S/C13H13N3O4S3/c1-8-12(11(18)7-21-9(2)17)22-13(15-8)16-23(19,20)10-3-5-14-6-4-10/h3-6H,7H2,1-2H3,(H,15,16). The largest absolute Gasteiger partial charge is 0.292 e. The maximum absolute atomic E-state index is 12.2. The predicted octanol–water partition coefficient (Wildman–Crippen LogP) is 2.11. The van der Waals surface area contributed by atoms with Crippen LogP contribution in [-0.4, -0.2) is 35.0 Å². The summed E-state index contributed by atoms with van der Waals surface area (Å²) in [7, 11) is -3.78. The Labute approximate surface area is 141 Å². The fourth-order valence-corrected chi connectivity index (χ4v) is 4.32. The van der Waals surface area contributed by atoms with Gasteiger partial charge in [0.2, 0.25) is 0 Å². The lowest BCUT2D eigenvalue weighted by Crippen LogP contribution is -2.12. The number of thiazole rings is 1. The molecule has 0 aliphatic heterocycles. The lowest BCUT2D eigenvalue weighted by molar-refractivity contribution is -0.109. The van der Waals surface area contributed by atoms with Gasteiger partial charge in [-0.3, -0.25) is 19.3 Å². The molecule has 0 aromatic carbocycles. The van der Waals surface area contributed by atoms with Crippen molar-refractivity contribution < 1.29 is 18.0 Å². The van der Waals surface area contributed by atoms with E-state index in [-0.39, 0.29) is 26.7 Å². The van der Waals surface area contributed by atoms with Crippen LogP contribution in [0.2, 0.25) is 0 Å². The van der Waals surface area contributed by atoms with E-state index in [4.69, 9.17) is 0 Å². The number of nitrogens with one attached hydrogen (secondary N) is 1. The highest BCUT2D eigenvalue weighted by Gasteiger charge is 2.20. The molecule has 2 rings (SSSR count). The summed E-state index contributed by atoms with van der Waals surface area (Å²) >= 11 is 1.86. The first-order valence-corrected chi connectivity index (χ1v) is 9.65. The van der Waals surface area contributed by atoms with Gasteiger partial charge in [-0.2, -0.15) is 0 Å². The van der Waals surface area contributed by atoms with Gasteiger partial charge in [0.25, 0.3) is 10.0 Å². The molecule has 122 valence electrons. The van der Waals surface area contributed by atoms with E-state index in [0.717, 1.165) is 23.1 Å². The molecule has 0 aliphatic carbocycles. The van der Waals surface area contributed by atoms with Crippen molar-refractivity contribution in [1.29, 1.82) is 0 Å². The van der Waals surface area contributed by atoms with E-state index in [1.54, 1.807) is 6.92 Å². The van der Waals surface area contributed by atoms with Crippen LogP contribution >= 0.6 is 23.1 Å². The van der Waals surface area contributed by atoms with Crippen LogP contribution in [0.4, 0.5) is 5.13 Å². The second kappa shape index (κ2) is 7.20. The zero-order valence-corrected chi connectivity index (χ0v) is 14.7. The minimum absolute atomic E-state index is 0.00884. The van der Waals surface area contributed by atoms with Gasteiger partial charge in [0.1, 0.15) is 0 Å². The highest BCUT2D eigenvalue weighted by molar-refractivity contribution is 8.14. The zero-order chi connectivity index (χ0) is 17.0. The lowest BCUT2D eigenvalue weighted by atomic mass is 10.3. The maximum atomic E-state index is 12.2. The molecule has 0 atom stereocenters. The van der Waals surface area contributed by atoms with Crippen LogP contribution in [0.3, 0.4) is 0 Å². The Kier molecular flexibility index (Phi) is 5.50. The SMILES string of the molecule is CC(=O)SCC(=O)c1sc(NS(=O)(=O)c2ccncc2)nc1C. The topological polar surface area (TPSA) is 106 Å². The second-order valence-corrected chi connectivity index (χ2v) is 8.26. The van der Waals surface area contributed by atoms with Gasteiger partial charge in [-0.05, 0) is 19.1 Å². The number of aromatic nitrogens is 2. The number of aryl methyl sites for hydroxylation is 1. The highest BCUT2D eigenvalue weighted by atomic mass is 32.2. The molecule has 23 heavy (non-hydrogen) atoms. The number of thioether (sulfide) groups is 1. The van der Waals surface area contributed by atoms with Crippen LogP contribution in [0.1, 0.15) is 22.3 Å². The van der Waals surface area contributed by atoms with Gasteiger partial charge >= 0.3 is 0 Å². The summed E-state index contributed by atoms with van der Waals surface area (Å²) in [5, 5.41) is -0.0466. The average molecular weight is 371 g/mol. The van der Waals surface area contributed by atoms with Crippen molar-refractivity contribution in [1.82, 2.24) is 9.97 Å². The molecule has 0 spiro atoms. The normalized spacial score (nSPS) is 11.2. The van der Waals surface area contributed by atoms with Crippen LogP contribution < -0.4 is 4.72 Å². The minimum atomic E-state index is -3.78. The smallest absolute Gasteiger partial charge is 0.263 e. The van der Waals surface area contributed by atoms with E-state index in [1.807, 2.05) is 0 Å². The van der Waals surface area contributed by atoms with Gasteiger partial charge in [-0.25, -0.2) is 13.4 Å². The zero-order valence-electron chi connectivity index (χ0n) is 12.3. The van der Waals surface area contributed by atoms with E-state index in [2.05, 4.69) is 14.7 Å². The molecule has 1 N–H and O–H groups in total. The van der Waals surface area contributed by atoms with Crippen LogP contribution in [0.25, 0.3) is 0 Å². The first-order valence-electron chi connectivity index (χ1n) is 6.36. The number of pyridine rings is 1. The molecular weight excluding hydrogens is 358 g/mol. The molecule has 0 bridgehead atoms. The van der Waals surface area contributed by atoms with Crippen molar-refractivity contribution in [2.24, 2.45) is 0 Å². The first kappa shape index (κ1) is 17.6. The van der Waals surface area contributed by atoms with Crippen molar-refractivity contribution in [3.63, 3.8) is 0 Å². The Bertz CT molecular complexity index is 831. The van der Waals surface area contributed by atoms with Gasteiger partial charge in [0.15, 0.2) is 16.0 Å². The molecule has 0 radical (unpaired) electrons. The fraction of sp³-hybridized carbons (Fsp3) is 0.231. The van der Waals surface area contributed by atoms with Crippen molar-refractivity contribution in [2.75, 3.05) is 10.5 Å². The van der Waals surface area contributed by atoms with Crippen molar-refractivity contribution in [2.45, 2.75) is 18.7 Å². The van der Waals surface area contributed by atoms with Gasteiger partial charge in [-0.1, -0.05) is 23.1 Å². The molecule has 0 aliphatic rings. The first-order chi connectivity index (χ1) is 10.8. The van der Waals surface area contributed by atoms with E-state index in [1.165, 1.54) is 31.5 Å². The van der Waals surface area contributed by atoms with E-state index < -0.39 is 10.0 Å². The summed E-state index contributed by atoms with van der Waals surface area (Å²) in [6.07, 6.45) is 2.74. The van der Waals surface area contributed by atoms with E-state index >= 15 is 0 Å². The van der Waals surface area contributed by atoms with Crippen LogP contribution in [0.5, 0.6) is 0 Å². The number of carbonyl (C=O) groups is 2. The summed E-state index contributed by atoms with van der Waals surface area (Å²) in [6, 6.07) is 2.72. The van der Waals surface area contributed by atoms with Crippen LogP contribution in [0, 0.1) is 6.92 Å². The molecule has 0 saturated carbocycles. The van der Waals surface area contributed by atoms with Crippen molar-refractivity contribution in [3.05, 3.63) is 35.1 Å². The summed E-state index contributed by atoms with van der Waals surface area (Å²) in [5.41, 5.74) is 0.427. The molecule has 2 aromatic rings. The quantitative estimate of drug-likeness (QED) is 0.775. The fourth-order valence-electron chi connectivity index (χ4n) is 1.62. The Morgan fingerprint density at radius 3 is 2.57 bits per heavy atom. The molecular formula is C13H13N3O4S3. The molecule has 0 amide bonds. The minimum Gasteiger partial charge on any atom is -0.292 e. The van der Waals surface area contributed by atoms with Gasteiger partial charge in [-0.15, -0.1) is 0 Å². The molecule has 2 heterocycles. The third kappa shape index (κ3) is 4.60. The number of anilines is 1. The summed E-state index contributed by atoms with van der Waals surface area (Å²) < 4.78 is 26.7. The van der Waals surface area contributed by atoms with Crippen LogP contribution in [0.15, 0.2) is 29.4 Å². The van der Waals surface area contributed by atoms with Gasteiger partial charge < -0.3 is 0 Å². The van der Waals surface area contributed by atoms with Crippen molar-refractivity contribution >= 4 is 49.2 Å². The van der Waals surface area contributed by atoms with Gasteiger partial charge in [0, 0.05) is 19.3 Å². The number of rotatable bonds is 6. The molecule has 2 aromatic heterocycles. The maximum Gasteiger partial charge on any atom is 0.263 e. The number of ketones is 1. The monoisotopic (exact) mass is 371 g/mol. The van der Waals surface area contributed by atoms with Gasteiger partial charge in [0.05, 0.1) is 21.2 Å². The second-order valence-electron chi connectivity index (χ2n) is 4.43. The number of Topliss-reactive ketones (excluding diaryl/α,β-unsaturated/α-hetero) is 1. The molecule has 0 saturated heterocycles. The predicted molar refractivity (Wildman–Crippen MR) is 89.4 cm³/mol. The highest BCUT2D eigenvalue weighted by Crippen LogP contribution is 2.26.